The summed E-state index contributed by atoms with van der Waals surface area (Å²) in [5.41, 5.74) is 5.70. The molecule has 0 saturated heterocycles. The summed E-state index contributed by atoms with van der Waals surface area (Å²) in [6.45, 7) is 0.346. The molecule has 7 N–H and O–H groups in total. The number of rotatable bonds is 23. The summed E-state index contributed by atoms with van der Waals surface area (Å²) in [6, 6.07) is 4.84. The Morgan fingerprint density at radius 3 is 1.95 bits per heavy atom. The third kappa shape index (κ3) is 16.8. The molecule has 2 amide bonds. The van der Waals surface area contributed by atoms with Crippen LogP contribution in [-0.2, 0) is 19.2 Å². The molecule has 40 heavy (non-hydrogen) atoms. The van der Waals surface area contributed by atoms with E-state index in [9.17, 15) is 29.1 Å². The number of nitrogens with one attached hydrogen (secondary N) is 2. The zero-order valence-electron chi connectivity index (χ0n) is 22.9. The van der Waals surface area contributed by atoms with E-state index in [1.165, 1.54) is 0 Å². The summed E-state index contributed by atoms with van der Waals surface area (Å²) in [4.78, 5) is 58.2. The van der Waals surface area contributed by atoms with Crippen molar-refractivity contribution in [2.45, 2.75) is 100 Å². The van der Waals surface area contributed by atoms with E-state index in [0.717, 1.165) is 49.2 Å². The predicted molar refractivity (Wildman–Crippen MR) is 152 cm³/mol. The number of aliphatic carboxylic acids is 2. The van der Waals surface area contributed by atoms with Gasteiger partial charge in [0.25, 0.3) is 0 Å². The van der Waals surface area contributed by atoms with Gasteiger partial charge in [0.2, 0.25) is 11.8 Å². The van der Waals surface area contributed by atoms with Gasteiger partial charge in [-0.15, -0.1) is 11.8 Å². The van der Waals surface area contributed by atoms with Crippen molar-refractivity contribution in [3.63, 3.8) is 0 Å². The van der Waals surface area contributed by atoms with Crippen molar-refractivity contribution in [1.29, 1.82) is 0 Å². The zero-order valence-corrected chi connectivity index (χ0v) is 23.8. The minimum atomic E-state index is -1.18. The number of aromatic carboxylic acids is 1. The van der Waals surface area contributed by atoms with E-state index in [0.29, 0.717) is 32.2 Å². The molecule has 224 valence electrons. The van der Waals surface area contributed by atoms with E-state index >= 15 is 0 Å². The number of hydrogen-bond donors (Lipinski definition) is 6. The summed E-state index contributed by atoms with van der Waals surface area (Å²) in [5, 5.41) is 32.2. The summed E-state index contributed by atoms with van der Waals surface area (Å²) >= 11 is 1.71. The Kier molecular flexibility index (Phi) is 18.1. The maximum atomic E-state index is 12.2. The minimum Gasteiger partial charge on any atom is -0.480 e. The molecule has 1 rings (SSSR count). The van der Waals surface area contributed by atoms with Gasteiger partial charge in [0.1, 0.15) is 12.1 Å². The van der Waals surface area contributed by atoms with Crippen LogP contribution in [0.15, 0.2) is 29.2 Å². The molecule has 0 heterocycles. The normalized spacial score (nSPS) is 12.3. The van der Waals surface area contributed by atoms with Gasteiger partial charge in [0.05, 0.1) is 5.56 Å². The molecule has 0 spiro atoms. The Labute approximate surface area is 239 Å². The molecule has 0 unspecified atom stereocenters. The van der Waals surface area contributed by atoms with Crippen LogP contribution in [0.5, 0.6) is 0 Å². The quantitative estimate of drug-likeness (QED) is 0.0820. The van der Waals surface area contributed by atoms with Crippen LogP contribution in [-0.4, -0.2) is 69.4 Å². The fourth-order valence-corrected chi connectivity index (χ4v) is 4.80. The number of carbonyl (C=O) groups excluding carboxylic acids is 2. The van der Waals surface area contributed by atoms with Crippen molar-refractivity contribution in [2.24, 2.45) is 5.73 Å². The lowest BCUT2D eigenvalue weighted by Crippen LogP contribution is -2.41. The SMILES string of the molecule is N[C@@H](CCCCNC(=O)CC[C@H](NC(=O)CCCCCCCCCSc1ccc(C(=O)O)cc1)C(=O)O)C(=O)O. The largest absolute Gasteiger partial charge is 0.480 e. The molecule has 1 aromatic rings. The molecule has 1 aromatic carbocycles. The van der Waals surface area contributed by atoms with Crippen molar-refractivity contribution >= 4 is 41.5 Å². The Hall–Kier alpha value is -3.12. The van der Waals surface area contributed by atoms with Gasteiger partial charge in [-0.3, -0.25) is 14.4 Å². The number of carboxylic acids is 3. The maximum Gasteiger partial charge on any atom is 0.335 e. The van der Waals surface area contributed by atoms with Gasteiger partial charge >= 0.3 is 17.9 Å². The molecule has 0 radical (unpaired) electrons. The monoisotopic (exact) mass is 581 g/mol. The van der Waals surface area contributed by atoms with Gasteiger partial charge in [-0.2, -0.15) is 0 Å². The van der Waals surface area contributed by atoms with E-state index in [-0.39, 0.29) is 36.6 Å². The van der Waals surface area contributed by atoms with Gasteiger partial charge in [-0.05, 0) is 68.5 Å². The number of amides is 2. The third-order valence-electron chi connectivity index (χ3n) is 6.29. The highest BCUT2D eigenvalue weighted by molar-refractivity contribution is 7.99. The summed E-state index contributed by atoms with van der Waals surface area (Å²) in [7, 11) is 0. The van der Waals surface area contributed by atoms with Gasteiger partial charge in [0, 0.05) is 24.3 Å². The summed E-state index contributed by atoms with van der Waals surface area (Å²) in [6.07, 6.45) is 8.53. The third-order valence-corrected chi connectivity index (χ3v) is 7.39. The standard InChI is InChI=1S/C28H43N3O8S/c29-22(27(36)37)10-7-8-18-30-24(32)17-16-23(28(38)39)31-25(33)11-6-4-2-1-3-5-9-19-40-21-14-12-20(13-15-21)26(34)35/h12-15,22-23H,1-11,16-19,29H2,(H,30,32)(H,31,33)(H,34,35)(H,36,37)(H,38,39)/t22-,23-/m0/s1. The topological polar surface area (TPSA) is 196 Å². The first-order chi connectivity index (χ1) is 19.1. The Morgan fingerprint density at radius 1 is 0.725 bits per heavy atom. The van der Waals surface area contributed by atoms with Gasteiger partial charge in [0.15, 0.2) is 0 Å². The molecule has 0 fully saturated rings. The number of hydrogen-bond acceptors (Lipinski definition) is 7. The number of carbonyl (C=O) groups is 5. The van der Waals surface area contributed by atoms with Crippen molar-refractivity contribution in [3.05, 3.63) is 29.8 Å². The second-order valence-electron chi connectivity index (χ2n) is 9.69. The molecule has 0 bridgehead atoms. The van der Waals surface area contributed by atoms with Crippen LogP contribution in [0.4, 0.5) is 0 Å². The molecule has 12 heteroatoms. The van der Waals surface area contributed by atoms with E-state index in [1.807, 2.05) is 12.1 Å². The fraction of sp³-hybridized carbons (Fsp3) is 0.607. The predicted octanol–water partition coefficient (Wildman–Crippen LogP) is 3.65. The number of benzene rings is 1. The number of thioether (sulfide) groups is 1. The highest BCUT2D eigenvalue weighted by Crippen LogP contribution is 2.20. The van der Waals surface area contributed by atoms with Gasteiger partial charge < -0.3 is 31.7 Å². The van der Waals surface area contributed by atoms with Crippen molar-refractivity contribution in [3.8, 4) is 0 Å². The molecule has 0 aliphatic heterocycles. The Bertz CT molecular complexity index is 942. The van der Waals surface area contributed by atoms with E-state index < -0.39 is 30.0 Å². The van der Waals surface area contributed by atoms with E-state index in [1.54, 1.807) is 23.9 Å². The van der Waals surface area contributed by atoms with Crippen molar-refractivity contribution in [1.82, 2.24) is 10.6 Å². The smallest absolute Gasteiger partial charge is 0.335 e. The highest BCUT2D eigenvalue weighted by atomic mass is 32.2. The molecule has 0 saturated carbocycles. The Balaban J connectivity index is 2.06. The lowest BCUT2D eigenvalue weighted by atomic mass is 10.1. The molecular formula is C28H43N3O8S. The second-order valence-corrected chi connectivity index (χ2v) is 10.9. The highest BCUT2D eigenvalue weighted by Gasteiger charge is 2.20. The van der Waals surface area contributed by atoms with E-state index in [4.69, 9.17) is 15.9 Å². The van der Waals surface area contributed by atoms with Crippen molar-refractivity contribution in [2.75, 3.05) is 12.3 Å². The average molecular weight is 582 g/mol. The molecule has 11 nitrogen and oxygen atoms in total. The lowest BCUT2D eigenvalue weighted by molar-refractivity contribution is -0.142. The van der Waals surface area contributed by atoms with Crippen LogP contribution in [0.2, 0.25) is 0 Å². The van der Waals surface area contributed by atoms with E-state index in [2.05, 4.69) is 10.6 Å². The van der Waals surface area contributed by atoms with Crippen LogP contribution >= 0.6 is 11.8 Å². The molecule has 0 aliphatic carbocycles. The first kappa shape index (κ1) is 34.9. The maximum absolute atomic E-state index is 12.2. The number of carboxylic acid groups (broad SMARTS) is 3. The lowest BCUT2D eigenvalue weighted by Gasteiger charge is -2.14. The summed E-state index contributed by atoms with van der Waals surface area (Å²) in [5.74, 6) is -2.85. The van der Waals surface area contributed by atoms with Crippen molar-refractivity contribution < 1.29 is 39.3 Å². The minimum absolute atomic E-state index is 0.0112. The summed E-state index contributed by atoms with van der Waals surface area (Å²) < 4.78 is 0. The van der Waals surface area contributed by atoms with Gasteiger partial charge in [-0.25, -0.2) is 9.59 Å². The first-order valence-electron chi connectivity index (χ1n) is 13.8. The van der Waals surface area contributed by atoms with Crippen LogP contribution < -0.4 is 16.4 Å². The molecule has 2 atom stereocenters. The Morgan fingerprint density at radius 2 is 1.35 bits per heavy atom. The fourth-order valence-electron chi connectivity index (χ4n) is 3.88. The average Bonchev–Trinajstić information content (AvgIpc) is 2.91. The number of nitrogens with two attached hydrogens (primary N) is 1. The first-order valence-corrected chi connectivity index (χ1v) is 14.8. The number of unbranched alkanes of at least 4 members (excludes halogenated alkanes) is 7. The van der Waals surface area contributed by atoms with Crippen LogP contribution in [0.25, 0.3) is 0 Å². The molecule has 0 aromatic heterocycles. The second kappa shape index (κ2) is 20.7. The zero-order chi connectivity index (χ0) is 29.8. The molecule has 0 aliphatic rings. The van der Waals surface area contributed by atoms with Gasteiger partial charge in [-0.1, -0.05) is 32.1 Å². The van der Waals surface area contributed by atoms with Crippen LogP contribution in [0.1, 0.15) is 93.8 Å². The molecular weight excluding hydrogens is 538 g/mol. The van der Waals surface area contributed by atoms with Crippen LogP contribution in [0, 0.1) is 0 Å². The van der Waals surface area contributed by atoms with Crippen LogP contribution in [0.3, 0.4) is 0 Å².